The summed E-state index contributed by atoms with van der Waals surface area (Å²) >= 11 is 0. The number of hydrogen-bond acceptors (Lipinski definition) is 1. The Bertz CT molecular complexity index is 4900. The van der Waals surface area contributed by atoms with Crippen molar-refractivity contribution >= 4 is 75.9 Å². The van der Waals surface area contributed by atoms with Crippen LogP contribution in [0, 0.1) is 43.4 Å². The molecule has 0 N–H and O–H groups in total. The number of para-hydroxylation sites is 3. The Morgan fingerprint density at radius 2 is 0.769 bits per heavy atom. The van der Waals surface area contributed by atoms with Gasteiger partial charge in [-0.3, -0.25) is 0 Å². The topological polar surface area (TPSA) is 22.8 Å². The smallest absolute Gasteiger partial charge is 0.369 e. The number of aromatic nitrogens is 3. The Morgan fingerprint density at radius 1 is 0.333 bits per heavy atom. The molecule has 0 atom stereocenters. The second-order valence-corrected chi connectivity index (χ2v) is 21.3. The van der Waals surface area contributed by atoms with E-state index in [1.807, 2.05) is 12.3 Å². The molecule has 4 heteroatoms. The van der Waals surface area contributed by atoms with Crippen LogP contribution in [0.4, 0.5) is 0 Å². The maximum Gasteiger partial charge on any atom is 2.00 e. The van der Waals surface area contributed by atoms with Crippen molar-refractivity contribution in [1.82, 2.24) is 14.1 Å². The summed E-state index contributed by atoms with van der Waals surface area (Å²) in [6.45, 7) is 4.74. The number of rotatable bonds is 7. The molecule has 0 unspecified atom stereocenters. The van der Waals surface area contributed by atoms with Gasteiger partial charge in [-0.05, 0) is 154 Å². The van der Waals surface area contributed by atoms with Gasteiger partial charge in [-0.1, -0.05) is 190 Å². The fourth-order valence-electron chi connectivity index (χ4n) is 13.1. The van der Waals surface area contributed by atoms with E-state index in [2.05, 4.69) is 277 Å². The van der Waals surface area contributed by atoms with E-state index in [-0.39, 0.29) is 36.5 Å². The van der Waals surface area contributed by atoms with Crippen molar-refractivity contribution in [3.05, 3.63) is 272 Å². The standard InChI is InChI=1S/C74H47N3.U/c1-74(2)66-25-12-23-62-58-36-34-54(42-64(58)63-24-13-26-67(74)73(63)72(62)66)51-17-10-16-50(39-51)49-15-9-14-48(38-49)46-30-32-47(33-31-46)53-35-37-71-65(43-53)61-22-5-8-29-70(61)76(71)56-19-11-18-52(40-56)55-41-57(45-75-44-55)77-68-27-6-3-20-59(68)60-21-4-7-28-69(60)77;/h3-17,19-43,45H,1-2H3;/q-2;+2. The second kappa shape index (κ2) is 17.9. The summed E-state index contributed by atoms with van der Waals surface area (Å²) < 4.78 is 4.67. The van der Waals surface area contributed by atoms with Crippen molar-refractivity contribution in [2.24, 2.45) is 0 Å². The van der Waals surface area contributed by atoms with E-state index < -0.39 is 0 Å². The molecule has 0 bridgehead atoms. The second-order valence-electron chi connectivity index (χ2n) is 21.3. The summed E-state index contributed by atoms with van der Waals surface area (Å²) in [5, 5.41) is 13.0. The van der Waals surface area contributed by atoms with Crippen LogP contribution in [0.25, 0.3) is 143 Å². The van der Waals surface area contributed by atoms with Crippen molar-refractivity contribution in [1.29, 1.82) is 0 Å². The minimum absolute atomic E-state index is 0. The summed E-state index contributed by atoms with van der Waals surface area (Å²) in [5.41, 5.74) is 20.9. The van der Waals surface area contributed by atoms with Crippen LogP contribution in [0.1, 0.15) is 25.0 Å². The molecule has 362 valence electrons. The molecule has 0 aliphatic heterocycles. The van der Waals surface area contributed by atoms with E-state index in [0.717, 1.165) is 44.6 Å². The number of benzene rings is 12. The summed E-state index contributed by atoms with van der Waals surface area (Å²) in [4.78, 5) is 4.67. The molecule has 3 heterocycles. The Hall–Kier alpha value is -8.78. The van der Waals surface area contributed by atoms with Crippen LogP contribution in [0.3, 0.4) is 0 Å². The van der Waals surface area contributed by atoms with E-state index >= 15 is 0 Å². The summed E-state index contributed by atoms with van der Waals surface area (Å²) in [5.74, 6) is 0. The van der Waals surface area contributed by atoms with E-state index in [4.69, 9.17) is 0 Å². The maximum absolute atomic E-state index is 4.67. The van der Waals surface area contributed by atoms with Crippen LogP contribution in [0.2, 0.25) is 0 Å². The molecule has 0 spiro atoms. The van der Waals surface area contributed by atoms with Crippen molar-refractivity contribution in [3.63, 3.8) is 0 Å². The number of fused-ring (bicyclic) bond motifs is 9. The first kappa shape index (κ1) is 46.5. The van der Waals surface area contributed by atoms with Crippen LogP contribution in [-0.4, -0.2) is 14.1 Å². The van der Waals surface area contributed by atoms with Crippen LogP contribution in [0.5, 0.6) is 0 Å². The molecule has 0 radical (unpaired) electrons. The van der Waals surface area contributed by atoms with Gasteiger partial charge in [0.05, 0.1) is 22.1 Å². The first-order valence-electron chi connectivity index (χ1n) is 26.6. The third kappa shape index (κ3) is 7.07. The molecule has 1 aliphatic rings. The number of hydrogen-bond donors (Lipinski definition) is 0. The molecule has 1 aliphatic carbocycles. The van der Waals surface area contributed by atoms with E-state index in [1.165, 1.54) is 109 Å². The summed E-state index contributed by atoms with van der Waals surface area (Å²) in [6.07, 6.45) is 5.20. The van der Waals surface area contributed by atoms with Gasteiger partial charge in [0.2, 0.25) is 0 Å². The predicted octanol–water partition coefficient (Wildman–Crippen LogP) is 19.3. The van der Waals surface area contributed by atoms with Gasteiger partial charge in [0.1, 0.15) is 0 Å². The molecule has 3 aromatic heterocycles. The molecule has 16 rings (SSSR count). The zero-order valence-electron chi connectivity index (χ0n) is 43.0. The molecule has 78 heavy (non-hydrogen) atoms. The van der Waals surface area contributed by atoms with Gasteiger partial charge in [0.25, 0.3) is 0 Å². The Balaban J connectivity index is 0.00000529. The average Bonchev–Trinajstić information content (AvgIpc) is 3.96. The van der Waals surface area contributed by atoms with Crippen molar-refractivity contribution in [3.8, 4) is 67.0 Å². The minimum atomic E-state index is -0.0218. The van der Waals surface area contributed by atoms with E-state index in [9.17, 15) is 0 Å². The van der Waals surface area contributed by atoms with Crippen LogP contribution in [0.15, 0.2) is 249 Å². The molecule has 0 saturated carbocycles. The molecule has 12 aromatic carbocycles. The van der Waals surface area contributed by atoms with Crippen LogP contribution < -0.4 is 0 Å². The fourth-order valence-corrected chi connectivity index (χ4v) is 13.1. The van der Waals surface area contributed by atoms with Crippen molar-refractivity contribution < 1.29 is 31.1 Å². The monoisotopic (exact) mass is 1220 g/mol. The number of nitrogens with zero attached hydrogens (tertiary/aromatic N) is 3. The van der Waals surface area contributed by atoms with Gasteiger partial charge in [0.15, 0.2) is 0 Å². The van der Waals surface area contributed by atoms with E-state index in [0.29, 0.717) is 0 Å². The number of pyridine rings is 1. The third-order valence-electron chi connectivity index (χ3n) is 16.8. The van der Waals surface area contributed by atoms with E-state index in [1.54, 1.807) is 0 Å². The summed E-state index contributed by atoms with van der Waals surface area (Å²) in [6, 6.07) is 92.7. The normalized spacial score (nSPS) is 12.7. The Morgan fingerprint density at radius 3 is 1.38 bits per heavy atom. The van der Waals surface area contributed by atoms with Gasteiger partial charge >= 0.3 is 31.1 Å². The van der Waals surface area contributed by atoms with Crippen LogP contribution in [-0.2, 0) is 5.41 Å². The minimum Gasteiger partial charge on any atom is -0.369 e. The third-order valence-corrected chi connectivity index (χ3v) is 16.8. The maximum atomic E-state index is 4.67. The molecule has 0 amide bonds. The molecule has 0 saturated heterocycles. The predicted molar refractivity (Wildman–Crippen MR) is 322 cm³/mol. The SMILES string of the molecule is CC1(C)c2cccc3c4ccc(-c5cccc(-c6cccc(-c7ccc(-c8ccc9c(c8)c8ccccc8n9-c8cc[c-]c(-c9[c-]ncc(-n%10c%11ccccc%11c%11ccccc%11%10)c9)c8)cc7)c6)c5)cc4c4cccc1c4c23.[U+2]. The molecular formula is C74H47N3U. The van der Waals surface area contributed by atoms with Crippen molar-refractivity contribution in [2.75, 3.05) is 0 Å². The summed E-state index contributed by atoms with van der Waals surface area (Å²) in [7, 11) is 0. The average molecular weight is 1220 g/mol. The molecule has 0 fully saturated rings. The van der Waals surface area contributed by atoms with Gasteiger partial charge in [-0.25, -0.2) is 11.1 Å². The largest absolute Gasteiger partial charge is 2.00 e. The Kier molecular flexibility index (Phi) is 10.7. The molecule has 3 nitrogen and oxygen atoms in total. The van der Waals surface area contributed by atoms with Crippen LogP contribution >= 0.6 is 0 Å². The Labute approximate surface area is 476 Å². The first-order chi connectivity index (χ1) is 37.9. The van der Waals surface area contributed by atoms with Gasteiger partial charge in [-0.2, -0.15) is 24.3 Å². The van der Waals surface area contributed by atoms with Gasteiger partial charge in [0, 0.05) is 27.0 Å². The van der Waals surface area contributed by atoms with Crippen molar-refractivity contribution in [2.45, 2.75) is 19.3 Å². The fraction of sp³-hybridized carbons (Fsp3) is 0.0405. The quantitative estimate of drug-likeness (QED) is 0.115. The zero-order valence-corrected chi connectivity index (χ0v) is 47.2. The molecular weight excluding hydrogens is 1170 g/mol. The van der Waals surface area contributed by atoms with Gasteiger partial charge in [-0.15, -0.1) is 6.07 Å². The first-order valence-corrected chi connectivity index (χ1v) is 26.6. The zero-order chi connectivity index (χ0) is 50.9. The van der Waals surface area contributed by atoms with Gasteiger partial charge < -0.3 is 14.1 Å². The molecule has 15 aromatic rings.